The molecule has 2 heteroatoms. The SMILES string of the molecule is CCCC.c1cnccn1. The first kappa shape index (κ1) is 9.08. The quantitative estimate of drug-likeness (QED) is 0.595. The Morgan fingerprint density at radius 3 is 1.20 bits per heavy atom. The number of nitrogens with zero attached hydrogens (tertiary/aromatic N) is 2. The van der Waals surface area contributed by atoms with Crippen LogP contribution in [-0.4, -0.2) is 9.97 Å². The third kappa shape index (κ3) is 7.08. The van der Waals surface area contributed by atoms with Gasteiger partial charge in [-0.25, -0.2) is 0 Å². The van der Waals surface area contributed by atoms with Crippen molar-refractivity contribution in [3.05, 3.63) is 24.8 Å². The van der Waals surface area contributed by atoms with Crippen LogP contribution in [0.1, 0.15) is 26.7 Å². The van der Waals surface area contributed by atoms with Crippen molar-refractivity contribution in [1.29, 1.82) is 0 Å². The fourth-order valence-electron chi connectivity index (χ4n) is 0.253. The number of unbranched alkanes of at least 4 members (excludes halogenated alkanes) is 1. The van der Waals surface area contributed by atoms with E-state index in [1.807, 2.05) is 0 Å². The van der Waals surface area contributed by atoms with Crippen LogP contribution in [-0.2, 0) is 0 Å². The second-order valence-corrected chi connectivity index (χ2v) is 1.89. The van der Waals surface area contributed by atoms with Crippen molar-refractivity contribution >= 4 is 0 Å². The summed E-state index contributed by atoms with van der Waals surface area (Å²) in [6, 6.07) is 0. The van der Waals surface area contributed by atoms with Crippen LogP contribution in [0.3, 0.4) is 0 Å². The van der Waals surface area contributed by atoms with Gasteiger partial charge in [-0.15, -0.1) is 0 Å². The van der Waals surface area contributed by atoms with Gasteiger partial charge < -0.3 is 0 Å². The van der Waals surface area contributed by atoms with Crippen LogP contribution in [0.2, 0.25) is 0 Å². The zero-order valence-corrected chi connectivity index (χ0v) is 6.62. The highest BCUT2D eigenvalue weighted by Crippen LogP contribution is 1.76. The number of rotatable bonds is 1. The van der Waals surface area contributed by atoms with Crippen LogP contribution < -0.4 is 0 Å². The Morgan fingerprint density at radius 1 is 0.800 bits per heavy atom. The first-order valence-electron chi connectivity index (χ1n) is 3.61. The molecule has 2 nitrogen and oxygen atoms in total. The molecular formula is C8H14N2. The van der Waals surface area contributed by atoms with E-state index in [9.17, 15) is 0 Å². The highest BCUT2D eigenvalue weighted by molar-refractivity contribution is 4.70. The predicted molar refractivity (Wildman–Crippen MR) is 42.6 cm³/mol. The molecule has 0 unspecified atom stereocenters. The molecule has 0 aliphatic carbocycles. The summed E-state index contributed by atoms with van der Waals surface area (Å²) in [5, 5.41) is 0. The summed E-state index contributed by atoms with van der Waals surface area (Å²) in [7, 11) is 0. The van der Waals surface area contributed by atoms with Gasteiger partial charge in [0.2, 0.25) is 0 Å². The molecule has 0 radical (unpaired) electrons. The summed E-state index contributed by atoms with van der Waals surface area (Å²) >= 11 is 0. The Balaban J connectivity index is 0.000000180. The minimum Gasteiger partial charge on any atom is -0.262 e. The average Bonchev–Trinajstić information content (AvgIpc) is 2.08. The normalized spacial score (nSPS) is 7.80. The van der Waals surface area contributed by atoms with E-state index < -0.39 is 0 Å². The first-order valence-corrected chi connectivity index (χ1v) is 3.61. The molecule has 0 aliphatic rings. The van der Waals surface area contributed by atoms with E-state index in [0.29, 0.717) is 0 Å². The van der Waals surface area contributed by atoms with E-state index >= 15 is 0 Å². The molecule has 0 saturated carbocycles. The number of aromatic nitrogens is 2. The standard InChI is InChI=1S/C4H4N2.C4H10/c1-2-6-4-3-5-1;1-3-4-2/h1-4H;3-4H2,1-2H3. The van der Waals surface area contributed by atoms with E-state index in [-0.39, 0.29) is 0 Å². The van der Waals surface area contributed by atoms with E-state index in [2.05, 4.69) is 23.8 Å². The maximum atomic E-state index is 3.72. The lowest BCUT2D eigenvalue weighted by atomic mass is 10.4. The fraction of sp³-hybridized carbons (Fsp3) is 0.500. The van der Waals surface area contributed by atoms with Crippen LogP contribution in [0.5, 0.6) is 0 Å². The highest BCUT2D eigenvalue weighted by atomic mass is 14.7. The number of hydrogen-bond acceptors (Lipinski definition) is 2. The molecule has 0 amide bonds. The Bertz CT molecular complexity index is 99.2. The molecule has 1 rings (SSSR count). The molecule has 0 atom stereocenters. The minimum atomic E-state index is 1.32. The molecule has 1 aromatic heterocycles. The van der Waals surface area contributed by atoms with Crippen molar-refractivity contribution in [3.63, 3.8) is 0 Å². The van der Waals surface area contributed by atoms with Crippen molar-refractivity contribution in [2.24, 2.45) is 0 Å². The summed E-state index contributed by atoms with van der Waals surface area (Å²) in [5.74, 6) is 0. The monoisotopic (exact) mass is 138 g/mol. The maximum absolute atomic E-state index is 3.72. The van der Waals surface area contributed by atoms with Gasteiger partial charge in [0, 0.05) is 24.8 Å². The molecule has 0 fully saturated rings. The third-order valence-corrected chi connectivity index (χ3v) is 0.978. The second-order valence-electron chi connectivity index (χ2n) is 1.89. The Morgan fingerprint density at radius 2 is 1.10 bits per heavy atom. The van der Waals surface area contributed by atoms with Crippen molar-refractivity contribution in [2.45, 2.75) is 26.7 Å². The smallest absolute Gasteiger partial charge is 0.0451 e. The molecule has 0 aromatic carbocycles. The van der Waals surface area contributed by atoms with Crippen LogP contribution >= 0.6 is 0 Å². The molecule has 10 heavy (non-hydrogen) atoms. The summed E-state index contributed by atoms with van der Waals surface area (Å²) < 4.78 is 0. The van der Waals surface area contributed by atoms with Crippen molar-refractivity contribution in [3.8, 4) is 0 Å². The minimum absolute atomic E-state index is 1.32. The van der Waals surface area contributed by atoms with Gasteiger partial charge in [0.15, 0.2) is 0 Å². The van der Waals surface area contributed by atoms with Crippen LogP contribution in [0, 0.1) is 0 Å². The zero-order valence-electron chi connectivity index (χ0n) is 6.62. The van der Waals surface area contributed by atoms with Crippen molar-refractivity contribution in [1.82, 2.24) is 9.97 Å². The van der Waals surface area contributed by atoms with Gasteiger partial charge in [0.1, 0.15) is 0 Å². The molecule has 0 spiro atoms. The average molecular weight is 138 g/mol. The Hall–Kier alpha value is -0.920. The van der Waals surface area contributed by atoms with Crippen LogP contribution in [0.4, 0.5) is 0 Å². The lowest BCUT2D eigenvalue weighted by Crippen LogP contribution is -1.66. The fourth-order valence-corrected chi connectivity index (χ4v) is 0.253. The highest BCUT2D eigenvalue weighted by Gasteiger charge is 1.59. The van der Waals surface area contributed by atoms with Crippen molar-refractivity contribution < 1.29 is 0 Å². The predicted octanol–water partition coefficient (Wildman–Crippen LogP) is 2.28. The van der Waals surface area contributed by atoms with Crippen LogP contribution in [0.15, 0.2) is 24.8 Å². The topological polar surface area (TPSA) is 25.8 Å². The Kier molecular flexibility index (Phi) is 7.34. The van der Waals surface area contributed by atoms with Crippen molar-refractivity contribution in [2.75, 3.05) is 0 Å². The summed E-state index contributed by atoms with van der Waals surface area (Å²) in [5.41, 5.74) is 0. The van der Waals surface area contributed by atoms with Crippen LogP contribution in [0.25, 0.3) is 0 Å². The van der Waals surface area contributed by atoms with Gasteiger partial charge in [-0.2, -0.15) is 0 Å². The van der Waals surface area contributed by atoms with Gasteiger partial charge in [-0.3, -0.25) is 9.97 Å². The maximum Gasteiger partial charge on any atom is 0.0451 e. The molecule has 56 valence electrons. The molecule has 1 aromatic rings. The molecule has 0 bridgehead atoms. The zero-order chi connectivity index (χ0) is 7.66. The summed E-state index contributed by atoms with van der Waals surface area (Å²) in [6.45, 7) is 4.36. The third-order valence-electron chi connectivity index (χ3n) is 0.978. The first-order chi connectivity index (χ1) is 4.91. The summed E-state index contributed by atoms with van der Waals surface area (Å²) in [4.78, 5) is 7.44. The van der Waals surface area contributed by atoms with Gasteiger partial charge in [0.05, 0.1) is 0 Å². The van der Waals surface area contributed by atoms with E-state index in [1.54, 1.807) is 24.8 Å². The van der Waals surface area contributed by atoms with Gasteiger partial charge >= 0.3 is 0 Å². The number of hydrogen-bond donors (Lipinski definition) is 0. The summed E-state index contributed by atoms with van der Waals surface area (Å²) in [6.07, 6.45) is 9.19. The Labute approximate surface area is 62.3 Å². The molecule has 0 aliphatic heterocycles. The molecule has 0 N–H and O–H groups in total. The molecular weight excluding hydrogens is 124 g/mol. The molecule has 0 saturated heterocycles. The molecule has 1 heterocycles. The lowest BCUT2D eigenvalue weighted by Gasteiger charge is -1.70. The van der Waals surface area contributed by atoms with Gasteiger partial charge in [-0.05, 0) is 0 Å². The van der Waals surface area contributed by atoms with E-state index in [4.69, 9.17) is 0 Å². The second kappa shape index (κ2) is 8.08. The largest absolute Gasteiger partial charge is 0.262 e. The van der Waals surface area contributed by atoms with Gasteiger partial charge in [0.25, 0.3) is 0 Å². The van der Waals surface area contributed by atoms with Gasteiger partial charge in [-0.1, -0.05) is 26.7 Å². The van der Waals surface area contributed by atoms with E-state index in [0.717, 1.165) is 0 Å². The van der Waals surface area contributed by atoms with E-state index in [1.165, 1.54) is 12.8 Å². The lowest BCUT2D eigenvalue weighted by molar-refractivity contribution is 0.886.